The average Bonchev–Trinajstić information content (AvgIpc) is 3.35. The molecule has 0 aromatic heterocycles. The quantitative estimate of drug-likeness (QED) is 0.0261. The second-order valence-electron chi connectivity index (χ2n) is 20.6. The van der Waals surface area contributed by atoms with Gasteiger partial charge in [-0.15, -0.1) is 0 Å². The molecule has 404 valence electrons. The van der Waals surface area contributed by atoms with Crippen LogP contribution in [0, 0.1) is 0 Å². The van der Waals surface area contributed by atoms with Crippen LogP contribution in [0.25, 0.3) is 0 Å². The lowest BCUT2D eigenvalue weighted by atomic mass is 10.0. The van der Waals surface area contributed by atoms with E-state index in [-0.39, 0.29) is 31.1 Å². The molecule has 0 saturated carbocycles. The fourth-order valence-corrected chi connectivity index (χ4v) is 9.01. The van der Waals surface area contributed by atoms with Crippen LogP contribution < -0.4 is 0 Å². The molecule has 6 heteroatoms. The van der Waals surface area contributed by atoms with Crippen LogP contribution in [-0.4, -0.2) is 37.2 Å². The second-order valence-corrected chi connectivity index (χ2v) is 20.6. The van der Waals surface area contributed by atoms with E-state index in [1.54, 1.807) is 0 Å². The van der Waals surface area contributed by atoms with Crippen molar-refractivity contribution in [1.29, 1.82) is 0 Å². The first-order valence-electron chi connectivity index (χ1n) is 30.5. The molecule has 1 unspecified atom stereocenters. The Morgan fingerprint density at radius 3 is 0.870 bits per heavy atom. The summed E-state index contributed by atoms with van der Waals surface area (Å²) in [5.41, 5.74) is 0. The van der Waals surface area contributed by atoms with Gasteiger partial charge in [0.25, 0.3) is 0 Å². The average molecular weight is 970 g/mol. The number of carbonyl (C=O) groups excluding carboxylic acids is 3. The summed E-state index contributed by atoms with van der Waals surface area (Å²) in [5.74, 6) is -0.882. The highest BCUT2D eigenvalue weighted by Crippen LogP contribution is 2.17. The van der Waals surface area contributed by atoms with Crippen LogP contribution in [0.4, 0.5) is 0 Å². The lowest BCUT2D eigenvalue weighted by molar-refractivity contribution is -0.167. The molecule has 0 rings (SSSR count). The number of hydrogen-bond donors (Lipinski definition) is 0. The Bertz CT molecular complexity index is 1160. The summed E-state index contributed by atoms with van der Waals surface area (Å²) in [5, 5.41) is 0. The molecule has 1 atom stereocenters. The topological polar surface area (TPSA) is 78.9 Å². The van der Waals surface area contributed by atoms with Crippen LogP contribution in [0.1, 0.15) is 329 Å². The molecule has 0 aromatic rings. The molecule has 0 N–H and O–H groups in total. The van der Waals surface area contributed by atoms with E-state index >= 15 is 0 Å². The van der Waals surface area contributed by atoms with Crippen molar-refractivity contribution in [2.75, 3.05) is 13.2 Å². The largest absolute Gasteiger partial charge is 0.462 e. The summed E-state index contributed by atoms with van der Waals surface area (Å²) in [7, 11) is 0. The van der Waals surface area contributed by atoms with E-state index in [0.717, 1.165) is 89.9 Å². The van der Waals surface area contributed by atoms with Gasteiger partial charge < -0.3 is 14.2 Å². The minimum absolute atomic E-state index is 0.0764. The third kappa shape index (κ3) is 56.4. The molecule has 6 nitrogen and oxygen atoms in total. The van der Waals surface area contributed by atoms with Crippen LogP contribution >= 0.6 is 0 Å². The number of rotatable bonds is 56. The van der Waals surface area contributed by atoms with Gasteiger partial charge in [0, 0.05) is 19.3 Å². The van der Waals surface area contributed by atoms with E-state index in [1.165, 1.54) is 199 Å². The van der Waals surface area contributed by atoms with Gasteiger partial charge in [-0.05, 0) is 70.6 Å². The normalized spacial score (nSPS) is 12.2. The summed E-state index contributed by atoms with van der Waals surface area (Å²) < 4.78 is 16.9. The first-order valence-corrected chi connectivity index (χ1v) is 30.5. The molecule has 69 heavy (non-hydrogen) atoms. The molecule has 0 aliphatic rings. The van der Waals surface area contributed by atoms with Gasteiger partial charge in [-0.2, -0.15) is 0 Å². The summed E-state index contributed by atoms with van der Waals surface area (Å²) in [4.78, 5) is 38.2. The zero-order valence-corrected chi connectivity index (χ0v) is 46.3. The molecule has 0 heterocycles. The zero-order chi connectivity index (χ0) is 50.0. The van der Waals surface area contributed by atoms with Crippen molar-refractivity contribution in [3.63, 3.8) is 0 Å². The number of ether oxygens (including phenoxy) is 3. The lowest BCUT2D eigenvalue weighted by Crippen LogP contribution is -2.30. The van der Waals surface area contributed by atoms with Crippen molar-refractivity contribution in [1.82, 2.24) is 0 Å². The summed E-state index contributed by atoms with van der Waals surface area (Å²) in [6.07, 6.45) is 70.1. The van der Waals surface area contributed by atoms with E-state index in [0.29, 0.717) is 19.3 Å². The van der Waals surface area contributed by atoms with E-state index < -0.39 is 6.10 Å². The van der Waals surface area contributed by atoms with Crippen LogP contribution in [0.15, 0.2) is 36.5 Å². The Hall–Kier alpha value is -2.37. The number of carbonyl (C=O) groups is 3. The predicted molar refractivity (Wildman–Crippen MR) is 298 cm³/mol. The highest BCUT2D eigenvalue weighted by molar-refractivity contribution is 5.71. The molecule has 0 bridgehead atoms. The standard InChI is InChI=1S/C63H116O6/c1-4-7-10-13-16-19-22-25-27-28-29-30-31-32-33-34-35-36-39-41-44-47-50-53-56-62(65)68-59-60(58-67-61(64)55-52-49-46-43-40-37-24-21-18-15-12-9-6-3)69-63(66)57-54-51-48-45-42-38-26-23-20-17-14-11-8-5-2/h12,15,21,23-24,26,60H,4-11,13-14,16-20,22,25,27-59H2,1-3H3/b15-12-,24-21-,26-23-. The van der Waals surface area contributed by atoms with E-state index in [9.17, 15) is 14.4 Å². The van der Waals surface area contributed by atoms with Crippen molar-refractivity contribution in [2.24, 2.45) is 0 Å². The van der Waals surface area contributed by atoms with Gasteiger partial charge in [-0.1, -0.05) is 276 Å². The van der Waals surface area contributed by atoms with Gasteiger partial charge in [-0.3, -0.25) is 14.4 Å². The highest BCUT2D eigenvalue weighted by Gasteiger charge is 2.19. The first kappa shape index (κ1) is 66.6. The second kappa shape index (κ2) is 58.2. The van der Waals surface area contributed by atoms with Crippen LogP contribution in [-0.2, 0) is 28.6 Å². The van der Waals surface area contributed by atoms with Crippen LogP contribution in [0.2, 0.25) is 0 Å². The van der Waals surface area contributed by atoms with Crippen molar-refractivity contribution in [3.05, 3.63) is 36.5 Å². The first-order chi connectivity index (χ1) is 34.0. The SMILES string of the molecule is CCC/C=C\C/C=C\CCCCCCCC(=O)OCC(COC(=O)CCCCCCCCCCCCCCCCCCCCCCCCCC)OC(=O)CCCCCCC/C=C\CCCCCCC. The van der Waals surface area contributed by atoms with Crippen molar-refractivity contribution < 1.29 is 28.6 Å². The molecule has 0 spiro atoms. The third-order valence-corrected chi connectivity index (χ3v) is 13.6. The molecule has 0 aliphatic carbocycles. The van der Waals surface area contributed by atoms with Gasteiger partial charge in [0.2, 0.25) is 0 Å². The maximum Gasteiger partial charge on any atom is 0.306 e. The molecule has 0 aliphatic heterocycles. The summed E-state index contributed by atoms with van der Waals surface area (Å²) in [6, 6.07) is 0. The van der Waals surface area contributed by atoms with Gasteiger partial charge in [0.1, 0.15) is 13.2 Å². The lowest BCUT2D eigenvalue weighted by Gasteiger charge is -2.18. The van der Waals surface area contributed by atoms with Crippen LogP contribution in [0.5, 0.6) is 0 Å². The minimum Gasteiger partial charge on any atom is -0.462 e. The summed E-state index contributed by atoms with van der Waals surface area (Å²) >= 11 is 0. The molecule has 0 fully saturated rings. The van der Waals surface area contributed by atoms with Gasteiger partial charge in [0.05, 0.1) is 0 Å². The molecule has 0 aromatic carbocycles. The highest BCUT2D eigenvalue weighted by atomic mass is 16.6. The minimum atomic E-state index is -0.779. The van der Waals surface area contributed by atoms with Gasteiger partial charge in [-0.25, -0.2) is 0 Å². The fourth-order valence-electron chi connectivity index (χ4n) is 9.01. The molecule has 0 radical (unpaired) electrons. The molecule has 0 amide bonds. The van der Waals surface area contributed by atoms with E-state index in [4.69, 9.17) is 14.2 Å². The Morgan fingerprint density at radius 1 is 0.290 bits per heavy atom. The zero-order valence-electron chi connectivity index (χ0n) is 46.3. The van der Waals surface area contributed by atoms with Crippen molar-refractivity contribution in [2.45, 2.75) is 335 Å². The molecule has 0 saturated heterocycles. The monoisotopic (exact) mass is 969 g/mol. The molecular weight excluding hydrogens is 853 g/mol. The van der Waals surface area contributed by atoms with Crippen molar-refractivity contribution >= 4 is 17.9 Å². The van der Waals surface area contributed by atoms with Gasteiger partial charge in [0.15, 0.2) is 6.10 Å². The van der Waals surface area contributed by atoms with E-state index in [1.807, 2.05) is 0 Å². The number of esters is 3. The third-order valence-electron chi connectivity index (χ3n) is 13.6. The number of allylic oxidation sites excluding steroid dienone is 6. The predicted octanol–water partition coefficient (Wildman–Crippen LogP) is 20.4. The Balaban J connectivity index is 4.23. The summed E-state index contributed by atoms with van der Waals surface area (Å²) in [6.45, 7) is 6.59. The Kier molecular flexibility index (Phi) is 56.2. The smallest absolute Gasteiger partial charge is 0.306 e. The van der Waals surface area contributed by atoms with Gasteiger partial charge >= 0.3 is 17.9 Å². The number of hydrogen-bond acceptors (Lipinski definition) is 6. The van der Waals surface area contributed by atoms with Crippen molar-refractivity contribution in [3.8, 4) is 0 Å². The Morgan fingerprint density at radius 2 is 0.551 bits per heavy atom. The Labute approximate surface area is 429 Å². The van der Waals surface area contributed by atoms with Crippen LogP contribution in [0.3, 0.4) is 0 Å². The maximum absolute atomic E-state index is 12.8. The number of unbranched alkanes of at least 4 members (excludes halogenated alkanes) is 39. The molecular formula is C63H116O6. The van der Waals surface area contributed by atoms with E-state index in [2.05, 4.69) is 57.2 Å². The maximum atomic E-state index is 12.8. The fraction of sp³-hybridized carbons (Fsp3) is 0.857.